The molecule has 1 aromatic carbocycles. The highest BCUT2D eigenvalue weighted by Crippen LogP contribution is 2.28. The Morgan fingerprint density at radius 1 is 1.23 bits per heavy atom. The van der Waals surface area contributed by atoms with Crippen molar-refractivity contribution in [3.63, 3.8) is 0 Å². The highest BCUT2D eigenvalue weighted by Gasteiger charge is 2.13. The number of amides is 1. The molecule has 2 aromatic heterocycles. The number of sulfonamides is 1. The van der Waals surface area contributed by atoms with Crippen molar-refractivity contribution in [3.05, 3.63) is 58.9 Å². The van der Waals surface area contributed by atoms with Crippen molar-refractivity contribution >= 4 is 55.1 Å². The predicted octanol–water partition coefficient (Wildman–Crippen LogP) is 3.32. The first kappa shape index (κ1) is 21.8. The Morgan fingerprint density at radius 2 is 2.00 bits per heavy atom. The summed E-state index contributed by atoms with van der Waals surface area (Å²) in [5, 5.41) is 3.58. The molecule has 0 aliphatic heterocycles. The van der Waals surface area contributed by atoms with Gasteiger partial charge in [0.25, 0.3) is 0 Å². The summed E-state index contributed by atoms with van der Waals surface area (Å²) < 4.78 is 35.2. The van der Waals surface area contributed by atoms with E-state index in [1.165, 1.54) is 37.6 Å². The maximum absolute atomic E-state index is 12.2. The number of hydrogen-bond acceptors (Lipinski definition) is 7. The molecule has 2 heterocycles. The van der Waals surface area contributed by atoms with Gasteiger partial charge in [-0.1, -0.05) is 0 Å². The normalized spacial score (nSPS) is 12.0. The number of thiophene rings is 1. The number of anilines is 1. The number of carbonyl (C=O) groups is 2. The summed E-state index contributed by atoms with van der Waals surface area (Å²) in [6, 6.07) is 10.4. The third-order valence-corrected chi connectivity index (χ3v) is 6.55. The molecule has 0 unspecified atom stereocenters. The number of esters is 1. The topological polar surface area (TPSA) is 106 Å². The van der Waals surface area contributed by atoms with E-state index in [1.54, 1.807) is 30.3 Å². The molecule has 0 bridgehead atoms. The molecule has 0 atom stereocenters. The first-order valence-electron chi connectivity index (χ1n) is 8.77. The van der Waals surface area contributed by atoms with Crippen LogP contribution in [0.1, 0.15) is 21.2 Å². The van der Waals surface area contributed by atoms with Crippen molar-refractivity contribution in [2.45, 2.75) is 6.54 Å². The third kappa shape index (κ3) is 5.35. The SMILES string of the molecule is COC(=O)c1cc2cc(NC(=O)/C=C/c3ccc(CN(C)S(C)(=O)=O)o3)ccc2s1. The van der Waals surface area contributed by atoms with Crippen LogP contribution in [0, 0.1) is 0 Å². The van der Waals surface area contributed by atoms with Gasteiger partial charge in [-0.2, -0.15) is 4.31 Å². The summed E-state index contributed by atoms with van der Waals surface area (Å²) in [5.74, 6) is 0.139. The number of methoxy groups -OCH3 is 1. The lowest BCUT2D eigenvalue weighted by molar-refractivity contribution is -0.111. The van der Waals surface area contributed by atoms with Crippen molar-refractivity contribution in [2.24, 2.45) is 0 Å². The average Bonchev–Trinajstić information content (AvgIpc) is 3.31. The van der Waals surface area contributed by atoms with Gasteiger partial charge >= 0.3 is 5.97 Å². The Morgan fingerprint density at radius 3 is 2.70 bits per heavy atom. The molecule has 10 heteroatoms. The van der Waals surface area contributed by atoms with Gasteiger partial charge in [0.05, 0.1) is 19.9 Å². The van der Waals surface area contributed by atoms with E-state index in [9.17, 15) is 18.0 Å². The molecule has 3 aromatic rings. The molecule has 0 saturated carbocycles. The van der Waals surface area contributed by atoms with E-state index in [0.717, 1.165) is 20.6 Å². The minimum absolute atomic E-state index is 0.104. The molecule has 0 aliphatic carbocycles. The molecule has 0 fully saturated rings. The number of nitrogens with one attached hydrogen (secondary N) is 1. The summed E-state index contributed by atoms with van der Waals surface area (Å²) in [6.07, 6.45) is 3.93. The number of fused-ring (bicyclic) bond motifs is 1. The molecule has 30 heavy (non-hydrogen) atoms. The summed E-state index contributed by atoms with van der Waals surface area (Å²) in [6.45, 7) is 0.104. The number of rotatable bonds is 7. The molecule has 1 N–H and O–H groups in total. The Balaban J connectivity index is 1.64. The molecule has 0 radical (unpaired) electrons. The van der Waals surface area contributed by atoms with Crippen molar-refractivity contribution in [1.82, 2.24) is 4.31 Å². The van der Waals surface area contributed by atoms with Crippen LogP contribution in [0.4, 0.5) is 5.69 Å². The third-order valence-electron chi connectivity index (χ3n) is 4.20. The second-order valence-corrected chi connectivity index (χ2v) is 9.67. The van der Waals surface area contributed by atoms with Crippen molar-refractivity contribution < 1.29 is 27.2 Å². The van der Waals surface area contributed by atoms with Gasteiger partial charge in [-0.05, 0) is 47.9 Å². The standard InChI is InChI=1S/C20H20N2O6S2/c1-22(30(3,25)26)12-16-6-5-15(28-16)7-9-19(23)21-14-4-8-17-13(10-14)11-18(29-17)20(24)27-2/h4-11H,12H2,1-3H3,(H,21,23)/b9-7+. The van der Waals surface area contributed by atoms with Crippen molar-refractivity contribution in [1.29, 1.82) is 0 Å². The fourth-order valence-electron chi connectivity index (χ4n) is 2.57. The molecule has 0 spiro atoms. The zero-order valence-corrected chi connectivity index (χ0v) is 18.2. The van der Waals surface area contributed by atoms with Gasteiger partial charge in [-0.3, -0.25) is 4.79 Å². The Hall–Kier alpha value is -2.95. The predicted molar refractivity (Wildman–Crippen MR) is 116 cm³/mol. The zero-order chi connectivity index (χ0) is 21.9. The van der Waals surface area contributed by atoms with Crippen LogP contribution in [0.3, 0.4) is 0 Å². The fraction of sp³-hybridized carbons (Fsp3) is 0.200. The summed E-state index contributed by atoms with van der Waals surface area (Å²) in [7, 11) is -0.519. The van der Waals surface area contributed by atoms with Crippen LogP contribution in [0.25, 0.3) is 16.2 Å². The van der Waals surface area contributed by atoms with Gasteiger partial charge in [0.2, 0.25) is 15.9 Å². The van der Waals surface area contributed by atoms with Crippen molar-refractivity contribution in [3.8, 4) is 0 Å². The van der Waals surface area contributed by atoms with Gasteiger partial charge in [0.15, 0.2) is 0 Å². The van der Waals surface area contributed by atoms with Gasteiger partial charge in [0, 0.05) is 23.5 Å². The van der Waals surface area contributed by atoms with Gasteiger partial charge in [-0.15, -0.1) is 11.3 Å². The molecule has 3 rings (SSSR count). The minimum atomic E-state index is -3.31. The second-order valence-electron chi connectivity index (χ2n) is 6.50. The van der Waals surface area contributed by atoms with E-state index >= 15 is 0 Å². The number of hydrogen-bond donors (Lipinski definition) is 1. The maximum atomic E-state index is 12.2. The molecule has 1 amide bonds. The Labute approximate surface area is 177 Å². The summed E-state index contributed by atoms with van der Waals surface area (Å²) in [5.41, 5.74) is 0.585. The number of furan rings is 1. The quantitative estimate of drug-likeness (QED) is 0.439. The van der Waals surface area contributed by atoms with Gasteiger partial charge in [-0.25, -0.2) is 13.2 Å². The van der Waals surface area contributed by atoms with E-state index in [-0.39, 0.29) is 12.5 Å². The summed E-state index contributed by atoms with van der Waals surface area (Å²) in [4.78, 5) is 24.3. The molecule has 0 aliphatic rings. The van der Waals surface area contributed by atoms with Gasteiger partial charge < -0.3 is 14.5 Å². The average molecular weight is 449 g/mol. The summed E-state index contributed by atoms with van der Waals surface area (Å²) >= 11 is 1.32. The largest absolute Gasteiger partial charge is 0.465 e. The second kappa shape index (κ2) is 8.82. The van der Waals surface area contributed by atoms with Crippen LogP contribution < -0.4 is 5.32 Å². The lowest BCUT2D eigenvalue weighted by Gasteiger charge is -2.11. The highest BCUT2D eigenvalue weighted by atomic mass is 32.2. The molecule has 0 saturated heterocycles. The molecule has 8 nitrogen and oxygen atoms in total. The molecular formula is C20H20N2O6S2. The fourth-order valence-corrected chi connectivity index (χ4v) is 3.89. The van der Waals surface area contributed by atoms with E-state index in [2.05, 4.69) is 5.32 Å². The Kier molecular flexibility index (Phi) is 6.40. The number of carbonyl (C=O) groups excluding carboxylic acids is 2. The van der Waals surface area contributed by atoms with Crippen LogP contribution in [0.5, 0.6) is 0 Å². The first-order chi connectivity index (χ1) is 14.2. The highest BCUT2D eigenvalue weighted by molar-refractivity contribution is 7.88. The minimum Gasteiger partial charge on any atom is -0.465 e. The lowest BCUT2D eigenvalue weighted by atomic mass is 10.2. The molecule has 158 valence electrons. The number of ether oxygens (including phenoxy) is 1. The van der Waals surface area contributed by atoms with E-state index < -0.39 is 16.0 Å². The van der Waals surface area contributed by atoms with Crippen LogP contribution in [-0.2, 0) is 26.1 Å². The van der Waals surface area contributed by atoms with E-state index in [1.807, 2.05) is 6.07 Å². The lowest BCUT2D eigenvalue weighted by Crippen LogP contribution is -2.24. The Bertz CT molecular complexity index is 1220. The van der Waals surface area contributed by atoms with Crippen LogP contribution in [-0.4, -0.2) is 45.0 Å². The maximum Gasteiger partial charge on any atom is 0.348 e. The van der Waals surface area contributed by atoms with Crippen LogP contribution in [0.15, 0.2) is 46.9 Å². The molecular weight excluding hydrogens is 428 g/mol. The monoisotopic (exact) mass is 448 g/mol. The number of nitrogens with zero attached hydrogens (tertiary/aromatic N) is 1. The smallest absolute Gasteiger partial charge is 0.348 e. The van der Waals surface area contributed by atoms with E-state index in [0.29, 0.717) is 22.1 Å². The van der Waals surface area contributed by atoms with E-state index in [4.69, 9.17) is 9.15 Å². The zero-order valence-electron chi connectivity index (χ0n) is 16.5. The number of benzene rings is 1. The van der Waals surface area contributed by atoms with Crippen LogP contribution >= 0.6 is 11.3 Å². The van der Waals surface area contributed by atoms with Crippen LogP contribution in [0.2, 0.25) is 0 Å². The first-order valence-corrected chi connectivity index (χ1v) is 11.4. The van der Waals surface area contributed by atoms with Crippen molar-refractivity contribution in [2.75, 3.05) is 25.7 Å². The van der Waals surface area contributed by atoms with Gasteiger partial charge in [0.1, 0.15) is 16.4 Å².